The summed E-state index contributed by atoms with van der Waals surface area (Å²) in [5.41, 5.74) is 9.67. The van der Waals surface area contributed by atoms with E-state index >= 15 is 0 Å². The fraction of sp³-hybridized carbons (Fsp3) is 0.467. The SMILES string of the molecule is CCCC(N)c1nc(Cc2cc(C)cc(C)c2)no1. The maximum Gasteiger partial charge on any atom is 0.243 e. The molecule has 1 atom stereocenters. The van der Waals surface area contributed by atoms with Crippen molar-refractivity contribution in [2.75, 3.05) is 0 Å². The Kier molecular flexibility index (Phi) is 4.32. The molecular formula is C15H21N3O. The van der Waals surface area contributed by atoms with Crippen LogP contribution in [0.3, 0.4) is 0 Å². The Labute approximate surface area is 114 Å². The molecule has 2 rings (SSSR count). The fourth-order valence-corrected chi connectivity index (χ4v) is 2.28. The van der Waals surface area contributed by atoms with Crippen molar-refractivity contribution in [3.8, 4) is 0 Å². The van der Waals surface area contributed by atoms with E-state index in [0.717, 1.165) is 12.8 Å². The maximum atomic E-state index is 5.96. The first-order valence-electron chi connectivity index (χ1n) is 6.73. The van der Waals surface area contributed by atoms with Crippen molar-refractivity contribution in [3.05, 3.63) is 46.6 Å². The summed E-state index contributed by atoms with van der Waals surface area (Å²) >= 11 is 0. The summed E-state index contributed by atoms with van der Waals surface area (Å²) < 4.78 is 5.23. The van der Waals surface area contributed by atoms with Gasteiger partial charge in [0.05, 0.1) is 6.04 Å². The van der Waals surface area contributed by atoms with Crippen LogP contribution >= 0.6 is 0 Å². The third-order valence-corrected chi connectivity index (χ3v) is 3.04. The molecule has 0 fully saturated rings. The lowest BCUT2D eigenvalue weighted by molar-refractivity contribution is 0.345. The lowest BCUT2D eigenvalue weighted by Crippen LogP contribution is -2.10. The van der Waals surface area contributed by atoms with Gasteiger partial charge in [0, 0.05) is 6.42 Å². The molecule has 4 nitrogen and oxygen atoms in total. The standard InChI is InChI=1S/C15H21N3O/c1-4-5-13(16)15-17-14(18-19-15)9-12-7-10(2)6-11(3)8-12/h6-8,13H,4-5,9,16H2,1-3H3. The zero-order valence-electron chi connectivity index (χ0n) is 11.8. The van der Waals surface area contributed by atoms with Gasteiger partial charge in [-0.2, -0.15) is 4.98 Å². The second-order valence-corrected chi connectivity index (χ2v) is 5.12. The molecule has 0 radical (unpaired) electrons. The molecule has 0 aliphatic carbocycles. The van der Waals surface area contributed by atoms with Gasteiger partial charge in [-0.05, 0) is 25.8 Å². The highest BCUT2D eigenvalue weighted by molar-refractivity contribution is 5.30. The van der Waals surface area contributed by atoms with E-state index in [-0.39, 0.29) is 6.04 Å². The molecule has 1 aromatic carbocycles. The Balaban J connectivity index is 2.11. The van der Waals surface area contributed by atoms with Crippen molar-refractivity contribution < 1.29 is 4.52 Å². The van der Waals surface area contributed by atoms with Gasteiger partial charge in [0.2, 0.25) is 5.89 Å². The van der Waals surface area contributed by atoms with Crippen molar-refractivity contribution in [1.82, 2.24) is 10.1 Å². The smallest absolute Gasteiger partial charge is 0.243 e. The second-order valence-electron chi connectivity index (χ2n) is 5.12. The van der Waals surface area contributed by atoms with E-state index in [1.807, 2.05) is 0 Å². The molecule has 2 N–H and O–H groups in total. The normalized spacial score (nSPS) is 12.6. The van der Waals surface area contributed by atoms with E-state index in [0.29, 0.717) is 18.1 Å². The van der Waals surface area contributed by atoms with Crippen LogP contribution in [0.2, 0.25) is 0 Å². The van der Waals surface area contributed by atoms with Crippen LogP contribution < -0.4 is 5.73 Å². The van der Waals surface area contributed by atoms with E-state index < -0.39 is 0 Å². The van der Waals surface area contributed by atoms with Gasteiger partial charge in [-0.15, -0.1) is 0 Å². The van der Waals surface area contributed by atoms with Crippen LogP contribution in [0.25, 0.3) is 0 Å². The highest BCUT2D eigenvalue weighted by atomic mass is 16.5. The first kappa shape index (κ1) is 13.7. The van der Waals surface area contributed by atoms with Crippen LogP contribution in [-0.4, -0.2) is 10.1 Å². The average Bonchev–Trinajstić information content (AvgIpc) is 2.76. The summed E-state index contributed by atoms with van der Waals surface area (Å²) in [5, 5.41) is 4.01. The minimum absolute atomic E-state index is 0.148. The number of rotatable bonds is 5. The summed E-state index contributed by atoms with van der Waals surface area (Å²) in [4.78, 5) is 4.38. The molecule has 1 unspecified atom stereocenters. The van der Waals surface area contributed by atoms with Gasteiger partial charge in [-0.25, -0.2) is 0 Å². The van der Waals surface area contributed by atoms with Gasteiger partial charge < -0.3 is 10.3 Å². The van der Waals surface area contributed by atoms with Crippen LogP contribution in [-0.2, 0) is 6.42 Å². The first-order valence-corrected chi connectivity index (χ1v) is 6.73. The minimum atomic E-state index is -0.148. The minimum Gasteiger partial charge on any atom is -0.338 e. The third kappa shape index (κ3) is 3.64. The Morgan fingerprint density at radius 1 is 1.21 bits per heavy atom. The number of benzene rings is 1. The predicted molar refractivity (Wildman–Crippen MR) is 74.9 cm³/mol. The zero-order chi connectivity index (χ0) is 13.8. The van der Waals surface area contributed by atoms with Gasteiger partial charge in [-0.3, -0.25) is 0 Å². The van der Waals surface area contributed by atoms with Crippen molar-refractivity contribution in [1.29, 1.82) is 0 Å². The Hall–Kier alpha value is -1.68. The molecule has 0 amide bonds. The zero-order valence-corrected chi connectivity index (χ0v) is 11.8. The number of nitrogens with two attached hydrogens (primary N) is 1. The largest absolute Gasteiger partial charge is 0.338 e. The summed E-state index contributed by atoms with van der Waals surface area (Å²) in [7, 11) is 0. The molecule has 1 heterocycles. The van der Waals surface area contributed by atoms with Gasteiger partial charge in [0.25, 0.3) is 0 Å². The molecule has 0 aliphatic rings. The number of hydrogen-bond donors (Lipinski definition) is 1. The molecular weight excluding hydrogens is 238 g/mol. The van der Waals surface area contributed by atoms with Crippen molar-refractivity contribution in [3.63, 3.8) is 0 Å². The van der Waals surface area contributed by atoms with Gasteiger partial charge in [0.1, 0.15) is 0 Å². The van der Waals surface area contributed by atoms with E-state index in [4.69, 9.17) is 10.3 Å². The third-order valence-electron chi connectivity index (χ3n) is 3.04. The van der Waals surface area contributed by atoms with E-state index in [9.17, 15) is 0 Å². The van der Waals surface area contributed by atoms with E-state index in [2.05, 4.69) is 49.1 Å². The Morgan fingerprint density at radius 3 is 2.53 bits per heavy atom. The molecule has 19 heavy (non-hydrogen) atoms. The van der Waals surface area contributed by atoms with Crippen molar-refractivity contribution >= 4 is 0 Å². The van der Waals surface area contributed by atoms with Crippen LogP contribution in [0, 0.1) is 13.8 Å². The molecule has 2 aromatic rings. The lowest BCUT2D eigenvalue weighted by Gasteiger charge is -2.03. The summed E-state index contributed by atoms with van der Waals surface area (Å²) in [5.74, 6) is 1.24. The molecule has 0 aliphatic heterocycles. The quantitative estimate of drug-likeness (QED) is 0.896. The molecule has 102 valence electrons. The predicted octanol–water partition coefficient (Wildman–Crippen LogP) is 3.08. The summed E-state index contributed by atoms with van der Waals surface area (Å²) in [6.07, 6.45) is 2.56. The van der Waals surface area contributed by atoms with Crippen LogP contribution in [0.5, 0.6) is 0 Å². The Bertz CT molecular complexity index is 528. The fourth-order valence-electron chi connectivity index (χ4n) is 2.28. The van der Waals surface area contributed by atoms with Crippen LogP contribution in [0.1, 0.15) is 54.2 Å². The first-order chi connectivity index (χ1) is 9.08. The van der Waals surface area contributed by atoms with Gasteiger partial charge in [-0.1, -0.05) is 47.8 Å². The van der Waals surface area contributed by atoms with E-state index in [1.54, 1.807) is 0 Å². The summed E-state index contributed by atoms with van der Waals surface area (Å²) in [6.45, 7) is 6.28. The average molecular weight is 259 g/mol. The van der Waals surface area contributed by atoms with Gasteiger partial charge in [0.15, 0.2) is 5.82 Å². The van der Waals surface area contributed by atoms with Crippen LogP contribution in [0.15, 0.2) is 22.7 Å². The molecule has 0 bridgehead atoms. The number of aryl methyl sites for hydroxylation is 2. The number of nitrogens with zero attached hydrogens (tertiary/aromatic N) is 2. The molecule has 0 saturated carbocycles. The van der Waals surface area contributed by atoms with Crippen LogP contribution in [0.4, 0.5) is 0 Å². The molecule has 1 aromatic heterocycles. The topological polar surface area (TPSA) is 64.9 Å². The maximum absolute atomic E-state index is 5.96. The number of aromatic nitrogens is 2. The van der Waals surface area contributed by atoms with Gasteiger partial charge >= 0.3 is 0 Å². The molecule has 0 saturated heterocycles. The van der Waals surface area contributed by atoms with E-state index in [1.165, 1.54) is 16.7 Å². The van der Waals surface area contributed by atoms with Crippen molar-refractivity contribution in [2.24, 2.45) is 5.73 Å². The highest BCUT2D eigenvalue weighted by Crippen LogP contribution is 2.16. The second kappa shape index (κ2) is 5.97. The monoisotopic (exact) mass is 259 g/mol. The molecule has 4 heteroatoms. The highest BCUT2D eigenvalue weighted by Gasteiger charge is 2.14. The van der Waals surface area contributed by atoms with Crippen molar-refractivity contribution in [2.45, 2.75) is 46.1 Å². The molecule has 0 spiro atoms. The Morgan fingerprint density at radius 2 is 1.89 bits per heavy atom. The summed E-state index contributed by atoms with van der Waals surface area (Å²) in [6, 6.07) is 6.30. The number of hydrogen-bond acceptors (Lipinski definition) is 4. The lowest BCUT2D eigenvalue weighted by atomic mass is 10.0.